The average molecular weight is 425 g/mol. The van der Waals surface area contributed by atoms with Gasteiger partial charge in [-0.2, -0.15) is 4.98 Å². The SMILES string of the molecule is Nc1nc(Nc2ccc(Br)cc2)ncc1-c1ccc(CN2CCCC2)cn1. The van der Waals surface area contributed by atoms with Crippen LogP contribution in [0.5, 0.6) is 0 Å². The van der Waals surface area contributed by atoms with Gasteiger partial charge in [-0.1, -0.05) is 22.0 Å². The third kappa shape index (κ3) is 4.43. The number of likely N-dealkylation sites (tertiary alicyclic amines) is 1. The number of nitrogens with one attached hydrogen (secondary N) is 1. The number of halogens is 1. The lowest BCUT2D eigenvalue weighted by atomic mass is 10.1. The topological polar surface area (TPSA) is 80.0 Å². The van der Waals surface area contributed by atoms with Crippen molar-refractivity contribution in [2.75, 3.05) is 24.1 Å². The summed E-state index contributed by atoms with van der Waals surface area (Å²) >= 11 is 3.42. The zero-order valence-electron chi connectivity index (χ0n) is 14.9. The monoisotopic (exact) mass is 424 g/mol. The van der Waals surface area contributed by atoms with Crippen molar-refractivity contribution in [2.45, 2.75) is 19.4 Å². The lowest BCUT2D eigenvalue weighted by Gasteiger charge is -2.14. The van der Waals surface area contributed by atoms with E-state index in [4.69, 9.17) is 5.73 Å². The lowest BCUT2D eigenvalue weighted by molar-refractivity contribution is 0.331. The van der Waals surface area contributed by atoms with Crippen LogP contribution >= 0.6 is 15.9 Å². The number of anilines is 3. The van der Waals surface area contributed by atoms with Gasteiger partial charge in [-0.3, -0.25) is 9.88 Å². The van der Waals surface area contributed by atoms with Crippen LogP contribution in [0.15, 0.2) is 53.3 Å². The van der Waals surface area contributed by atoms with Crippen LogP contribution in [-0.4, -0.2) is 32.9 Å². The molecule has 138 valence electrons. The first kappa shape index (κ1) is 17.9. The van der Waals surface area contributed by atoms with E-state index in [1.807, 2.05) is 36.5 Å². The smallest absolute Gasteiger partial charge is 0.229 e. The van der Waals surface area contributed by atoms with Crippen LogP contribution in [0.1, 0.15) is 18.4 Å². The van der Waals surface area contributed by atoms with Crippen LogP contribution in [0.4, 0.5) is 17.5 Å². The predicted molar refractivity (Wildman–Crippen MR) is 112 cm³/mol. The van der Waals surface area contributed by atoms with E-state index in [0.29, 0.717) is 11.8 Å². The van der Waals surface area contributed by atoms with Crippen molar-refractivity contribution in [2.24, 2.45) is 0 Å². The number of pyridine rings is 1. The Morgan fingerprint density at radius 1 is 1.00 bits per heavy atom. The number of aromatic nitrogens is 3. The van der Waals surface area contributed by atoms with Crippen LogP contribution in [0.2, 0.25) is 0 Å². The van der Waals surface area contributed by atoms with E-state index in [0.717, 1.165) is 28.0 Å². The van der Waals surface area contributed by atoms with E-state index in [-0.39, 0.29) is 0 Å². The van der Waals surface area contributed by atoms with Gasteiger partial charge in [-0.05, 0) is 61.8 Å². The van der Waals surface area contributed by atoms with Crippen LogP contribution < -0.4 is 11.1 Å². The maximum atomic E-state index is 6.15. The van der Waals surface area contributed by atoms with Gasteiger partial charge >= 0.3 is 0 Å². The number of hydrogen-bond acceptors (Lipinski definition) is 6. The summed E-state index contributed by atoms with van der Waals surface area (Å²) in [5.41, 5.74) is 9.79. The summed E-state index contributed by atoms with van der Waals surface area (Å²) in [5.74, 6) is 0.869. The number of nitrogen functional groups attached to an aromatic ring is 1. The number of rotatable bonds is 5. The highest BCUT2D eigenvalue weighted by Crippen LogP contribution is 2.24. The molecule has 7 heteroatoms. The Bertz CT molecular complexity index is 905. The Morgan fingerprint density at radius 2 is 1.78 bits per heavy atom. The number of nitrogens with zero attached hydrogens (tertiary/aromatic N) is 4. The molecule has 0 saturated carbocycles. The molecule has 0 radical (unpaired) electrons. The molecule has 6 nitrogen and oxygen atoms in total. The Labute approximate surface area is 167 Å². The molecule has 3 aromatic rings. The summed E-state index contributed by atoms with van der Waals surface area (Å²) in [4.78, 5) is 15.8. The number of nitrogens with two attached hydrogens (primary N) is 1. The molecule has 0 bridgehead atoms. The minimum Gasteiger partial charge on any atom is -0.383 e. The van der Waals surface area contributed by atoms with Gasteiger partial charge < -0.3 is 11.1 Å². The van der Waals surface area contributed by atoms with Gasteiger partial charge in [0, 0.05) is 29.1 Å². The van der Waals surface area contributed by atoms with Crippen LogP contribution in [0.3, 0.4) is 0 Å². The van der Waals surface area contributed by atoms with Crippen molar-refractivity contribution in [3.8, 4) is 11.3 Å². The molecule has 4 rings (SSSR count). The normalized spacial score (nSPS) is 14.4. The molecule has 1 aromatic carbocycles. The van der Waals surface area contributed by atoms with Crippen LogP contribution in [-0.2, 0) is 6.54 Å². The fourth-order valence-electron chi connectivity index (χ4n) is 3.19. The van der Waals surface area contributed by atoms with Crippen molar-refractivity contribution >= 4 is 33.4 Å². The largest absolute Gasteiger partial charge is 0.383 e. The zero-order valence-corrected chi connectivity index (χ0v) is 16.5. The third-order valence-corrected chi connectivity index (χ3v) is 5.15. The van der Waals surface area contributed by atoms with Gasteiger partial charge in [0.15, 0.2) is 0 Å². The van der Waals surface area contributed by atoms with Gasteiger partial charge in [0.25, 0.3) is 0 Å². The first-order chi connectivity index (χ1) is 13.2. The van der Waals surface area contributed by atoms with Gasteiger partial charge in [0.2, 0.25) is 5.95 Å². The maximum absolute atomic E-state index is 6.15. The van der Waals surface area contributed by atoms with E-state index in [9.17, 15) is 0 Å². The first-order valence-corrected chi connectivity index (χ1v) is 9.79. The van der Waals surface area contributed by atoms with Crippen molar-refractivity contribution < 1.29 is 0 Å². The predicted octanol–water partition coefficient (Wildman–Crippen LogP) is 4.22. The molecule has 0 amide bonds. The second-order valence-electron chi connectivity index (χ2n) is 6.66. The summed E-state index contributed by atoms with van der Waals surface area (Å²) < 4.78 is 1.02. The highest BCUT2D eigenvalue weighted by molar-refractivity contribution is 9.10. The Kier molecular flexibility index (Phi) is 5.31. The van der Waals surface area contributed by atoms with Crippen LogP contribution in [0.25, 0.3) is 11.3 Å². The molecule has 27 heavy (non-hydrogen) atoms. The molecule has 1 aliphatic rings. The minimum absolute atomic E-state index is 0.407. The molecule has 3 N–H and O–H groups in total. The highest BCUT2D eigenvalue weighted by Gasteiger charge is 2.13. The maximum Gasteiger partial charge on any atom is 0.229 e. The molecule has 2 aromatic heterocycles. The van der Waals surface area contributed by atoms with E-state index >= 15 is 0 Å². The van der Waals surface area contributed by atoms with Crippen LogP contribution in [0, 0.1) is 0 Å². The average Bonchev–Trinajstić information content (AvgIpc) is 3.18. The van der Waals surface area contributed by atoms with Gasteiger partial charge in [0.05, 0.1) is 11.3 Å². The Morgan fingerprint density at radius 3 is 2.44 bits per heavy atom. The lowest BCUT2D eigenvalue weighted by Crippen LogP contribution is -2.18. The standard InChI is InChI=1S/C20H21BrN6/c21-15-4-6-16(7-5-15)25-20-24-12-17(19(22)26-20)18-8-3-14(11-23-18)13-27-9-1-2-10-27/h3-8,11-12H,1-2,9-10,13H2,(H3,22,24,25,26). The summed E-state index contributed by atoms with van der Waals surface area (Å²) in [7, 11) is 0. The molecule has 1 aliphatic heterocycles. The van der Waals surface area contributed by atoms with E-state index in [1.165, 1.54) is 31.5 Å². The van der Waals surface area contributed by atoms with Crippen molar-refractivity contribution in [3.63, 3.8) is 0 Å². The van der Waals surface area contributed by atoms with Crippen molar-refractivity contribution in [3.05, 3.63) is 58.8 Å². The second kappa shape index (κ2) is 8.02. The Balaban J connectivity index is 1.47. The molecule has 0 unspecified atom stereocenters. The Hall–Kier alpha value is -2.51. The molecule has 0 aliphatic carbocycles. The molecule has 0 spiro atoms. The molecular weight excluding hydrogens is 404 g/mol. The quantitative estimate of drug-likeness (QED) is 0.637. The molecule has 1 saturated heterocycles. The summed E-state index contributed by atoms with van der Waals surface area (Å²) in [6, 6.07) is 11.9. The fourth-order valence-corrected chi connectivity index (χ4v) is 3.46. The van der Waals surface area contributed by atoms with Gasteiger partial charge in [-0.15, -0.1) is 0 Å². The zero-order chi connectivity index (χ0) is 18.6. The third-order valence-electron chi connectivity index (χ3n) is 4.62. The van der Waals surface area contributed by atoms with Gasteiger partial charge in [0.1, 0.15) is 5.82 Å². The van der Waals surface area contributed by atoms with Crippen molar-refractivity contribution in [1.29, 1.82) is 0 Å². The van der Waals surface area contributed by atoms with E-state index < -0.39 is 0 Å². The summed E-state index contributed by atoms with van der Waals surface area (Å²) in [6.07, 6.45) is 6.22. The summed E-state index contributed by atoms with van der Waals surface area (Å²) in [6.45, 7) is 3.31. The highest BCUT2D eigenvalue weighted by atomic mass is 79.9. The second-order valence-corrected chi connectivity index (χ2v) is 7.58. The van der Waals surface area contributed by atoms with Gasteiger partial charge in [-0.25, -0.2) is 4.98 Å². The molecule has 3 heterocycles. The summed E-state index contributed by atoms with van der Waals surface area (Å²) in [5, 5.41) is 3.15. The first-order valence-electron chi connectivity index (χ1n) is 9.00. The number of hydrogen-bond donors (Lipinski definition) is 2. The molecule has 1 fully saturated rings. The molecular formula is C20H21BrN6. The van der Waals surface area contributed by atoms with E-state index in [2.05, 4.69) is 47.2 Å². The molecule has 0 atom stereocenters. The van der Waals surface area contributed by atoms with Crippen molar-refractivity contribution in [1.82, 2.24) is 19.9 Å². The minimum atomic E-state index is 0.407. The number of benzene rings is 1. The van der Waals surface area contributed by atoms with E-state index in [1.54, 1.807) is 6.20 Å². The fraction of sp³-hybridized carbons (Fsp3) is 0.250.